The molecule has 88 valence electrons. The quantitative estimate of drug-likeness (QED) is 0.799. The Kier molecular flexibility index (Phi) is 3.75. The van der Waals surface area contributed by atoms with Crippen LogP contribution in [0.3, 0.4) is 0 Å². The first-order valence-corrected chi connectivity index (χ1v) is 6.42. The molecule has 1 saturated carbocycles. The van der Waals surface area contributed by atoms with Crippen LogP contribution in [-0.4, -0.2) is 16.5 Å². The van der Waals surface area contributed by atoms with E-state index in [1.54, 1.807) is 0 Å². The van der Waals surface area contributed by atoms with Crippen LogP contribution in [0, 0.1) is 5.92 Å². The lowest BCUT2D eigenvalue weighted by molar-refractivity contribution is 0.750. The van der Waals surface area contributed by atoms with Crippen LogP contribution >= 0.6 is 0 Å². The Morgan fingerprint density at radius 1 is 1.31 bits per heavy atom. The lowest BCUT2D eigenvalue weighted by Gasteiger charge is -2.08. The molecule has 1 aromatic heterocycles. The first-order valence-electron chi connectivity index (χ1n) is 6.42. The molecular formula is C13H21N3. The summed E-state index contributed by atoms with van der Waals surface area (Å²) in [6.07, 6.45) is 5.98. The minimum Gasteiger partial charge on any atom is -0.370 e. The molecule has 0 aliphatic heterocycles. The summed E-state index contributed by atoms with van der Waals surface area (Å²) in [5.74, 6) is 2.88. The highest BCUT2D eigenvalue weighted by atomic mass is 15.0. The third kappa shape index (κ3) is 3.19. The smallest absolute Gasteiger partial charge is 0.131 e. The molecule has 16 heavy (non-hydrogen) atoms. The number of hydrogen-bond acceptors (Lipinski definition) is 3. The van der Waals surface area contributed by atoms with Gasteiger partial charge in [0.2, 0.25) is 0 Å². The lowest BCUT2D eigenvalue weighted by atomic mass is 10.2. The molecule has 3 nitrogen and oxygen atoms in total. The summed E-state index contributed by atoms with van der Waals surface area (Å²) in [6.45, 7) is 5.21. The van der Waals surface area contributed by atoms with Crippen LogP contribution in [0.5, 0.6) is 0 Å². The van der Waals surface area contributed by atoms with Gasteiger partial charge in [-0.25, -0.2) is 9.97 Å². The van der Waals surface area contributed by atoms with E-state index in [1.807, 2.05) is 0 Å². The summed E-state index contributed by atoms with van der Waals surface area (Å²) >= 11 is 0. The maximum Gasteiger partial charge on any atom is 0.131 e. The van der Waals surface area contributed by atoms with Gasteiger partial charge in [0, 0.05) is 24.7 Å². The molecule has 3 heteroatoms. The molecule has 0 atom stereocenters. The van der Waals surface area contributed by atoms with Gasteiger partial charge in [-0.05, 0) is 32.1 Å². The van der Waals surface area contributed by atoms with Gasteiger partial charge in [-0.15, -0.1) is 0 Å². The van der Waals surface area contributed by atoms with Crippen molar-refractivity contribution in [1.29, 1.82) is 0 Å². The van der Waals surface area contributed by atoms with E-state index in [-0.39, 0.29) is 0 Å². The molecule has 0 spiro atoms. The minimum absolute atomic E-state index is 0.853. The maximum atomic E-state index is 4.63. The topological polar surface area (TPSA) is 37.8 Å². The number of aromatic nitrogens is 2. The number of rotatable bonds is 6. The average Bonchev–Trinajstić information content (AvgIpc) is 3.02. The fourth-order valence-corrected chi connectivity index (χ4v) is 1.88. The Morgan fingerprint density at radius 2 is 2.12 bits per heavy atom. The van der Waals surface area contributed by atoms with Crippen LogP contribution in [0.2, 0.25) is 0 Å². The Hall–Kier alpha value is -1.12. The van der Waals surface area contributed by atoms with Gasteiger partial charge in [-0.3, -0.25) is 0 Å². The molecular weight excluding hydrogens is 198 g/mol. The van der Waals surface area contributed by atoms with Crippen molar-refractivity contribution in [3.05, 3.63) is 17.6 Å². The van der Waals surface area contributed by atoms with E-state index in [0.717, 1.165) is 43.4 Å². The highest BCUT2D eigenvalue weighted by Gasteiger charge is 2.23. The van der Waals surface area contributed by atoms with Gasteiger partial charge in [0.25, 0.3) is 0 Å². The van der Waals surface area contributed by atoms with Crippen molar-refractivity contribution in [3.63, 3.8) is 0 Å². The van der Waals surface area contributed by atoms with Crippen molar-refractivity contribution >= 4 is 5.82 Å². The zero-order chi connectivity index (χ0) is 11.4. The summed E-state index contributed by atoms with van der Waals surface area (Å²) < 4.78 is 0. The predicted molar refractivity (Wildman–Crippen MR) is 66.6 cm³/mol. The number of hydrogen-bond donors (Lipinski definition) is 1. The first kappa shape index (κ1) is 11.4. The van der Waals surface area contributed by atoms with Gasteiger partial charge in [0.1, 0.15) is 11.6 Å². The molecule has 1 N–H and O–H groups in total. The second kappa shape index (κ2) is 5.28. The SMILES string of the molecule is CCCc1cc(NCC)nc(CC2CC2)n1. The van der Waals surface area contributed by atoms with Crippen LogP contribution in [0.25, 0.3) is 0 Å². The summed E-state index contributed by atoms with van der Waals surface area (Å²) in [4.78, 5) is 9.20. The zero-order valence-electron chi connectivity index (χ0n) is 10.3. The monoisotopic (exact) mass is 219 g/mol. The Morgan fingerprint density at radius 3 is 2.75 bits per heavy atom. The van der Waals surface area contributed by atoms with Gasteiger partial charge in [-0.2, -0.15) is 0 Å². The number of nitrogens with zero attached hydrogens (tertiary/aromatic N) is 2. The predicted octanol–water partition coefficient (Wildman–Crippen LogP) is 2.81. The summed E-state index contributed by atoms with van der Waals surface area (Å²) in [5.41, 5.74) is 1.18. The highest BCUT2D eigenvalue weighted by molar-refractivity contribution is 5.36. The van der Waals surface area contributed by atoms with Gasteiger partial charge in [0.15, 0.2) is 0 Å². The molecule has 1 aliphatic carbocycles. The summed E-state index contributed by atoms with van der Waals surface area (Å²) in [7, 11) is 0. The Balaban J connectivity index is 2.13. The number of nitrogens with one attached hydrogen (secondary N) is 1. The van der Waals surface area contributed by atoms with Crippen molar-refractivity contribution in [3.8, 4) is 0 Å². The standard InChI is InChI=1S/C13H21N3/c1-3-5-11-9-12(14-4-2)16-13(15-11)8-10-6-7-10/h9-10H,3-8H2,1-2H3,(H,14,15,16). The van der Waals surface area contributed by atoms with Crippen molar-refractivity contribution in [2.24, 2.45) is 5.92 Å². The van der Waals surface area contributed by atoms with E-state index in [9.17, 15) is 0 Å². The average molecular weight is 219 g/mol. The van der Waals surface area contributed by atoms with Crippen molar-refractivity contribution in [2.45, 2.75) is 46.0 Å². The molecule has 2 rings (SSSR count). The van der Waals surface area contributed by atoms with Crippen LogP contribution in [0.1, 0.15) is 44.6 Å². The second-order valence-corrected chi connectivity index (χ2v) is 4.59. The molecule has 1 fully saturated rings. The van der Waals surface area contributed by atoms with E-state index < -0.39 is 0 Å². The molecule has 0 radical (unpaired) electrons. The second-order valence-electron chi connectivity index (χ2n) is 4.59. The lowest BCUT2D eigenvalue weighted by Crippen LogP contribution is -2.06. The zero-order valence-corrected chi connectivity index (χ0v) is 10.3. The Bertz CT molecular complexity index is 321. The van der Waals surface area contributed by atoms with Gasteiger partial charge < -0.3 is 5.32 Å². The van der Waals surface area contributed by atoms with Crippen LogP contribution < -0.4 is 5.32 Å². The van der Waals surface area contributed by atoms with Crippen LogP contribution in [0.4, 0.5) is 5.82 Å². The van der Waals surface area contributed by atoms with E-state index >= 15 is 0 Å². The van der Waals surface area contributed by atoms with Crippen molar-refractivity contribution < 1.29 is 0 Å². The molecule has 0 saturated heterocycles. The molecule has 0 unspecified atom stereocenters. The van der Waals surface area contributed by atoms with Gasteiger partial charge in [0.05, 0.1) is 0 Å². The maximum absolute atomic E-state index is 4.63. The molecule has 1 aliphatic rings. The van der Waals surface area contributed by atoms with E-state index in [4.69, 9.17) is 0 Å². The largest absolute Gasteiger partial charge is 0.370 e. The number of aryl methyl sites for hydroxylation is 1. The fourth-order valence-electron chi connectivity index (χ4n) is 1.88. The minimum atomic E-state index is 0.853. The number of anilines is 1. The van der Waals surface area contributed by atoms with E-state index in [2.05, 4.69) is 35.2 Å². The summed E-state index contributed by atoms with van der Waals surface area (Å²) in [5, 5.41) is 3.29. The van der Waals surface area contributed by atoms with Crippen LogP contribution in [0.15, 0.2) is 6.07 Å². The van der Waals surface area contributed by atoms with Crippen molar-refractivity contribution in [2.75, 3.05) is 11.9 Å². The van der Waals surface area contributed by atoms with Gasteiger partial charge >= 0.3 is 0 Å². The highest BCUT2D eigenvalue weighted by Crippen LogP contribution is 2.31. The summed E-state index contributed by atoms with van der Waals surface area (Å²) in [6, 6.07) is 2.09. The van der Waals surface area contributed by atoms with Gasteiger partial charge in [-0.1, -0.05) is 13.3 Å². The first-order chi connectivity index (χ1) is 7.81. The Labute approximate surface area is 97.7 Å². The molecule has 0 amide bonds. The molecule has 1 heterocycles. The fraction of sp³-hybridized carbons (Fsp3) is 0.692. The third-order valence-corrected chi connectivity index (χ3v) is 2.86. The van der Waals surface area contributed by atoms with Crippen molar-refractivity contribution in [1.82, 2.24) is 9.97 Å². The van der Waals surface area contributed by atoms with E-state index in [1.165, 1.54) is 18.5 Å². The van der Waals surface area contributed by atoms with Crippen LogP contribution in [-0.2, 0) is 12.8 Å². The molecule has 0 bridgehead atoms. The third-order valence-electron chi connectivity index (χ3n) is 2.86. The normalized spacial score (nSPS) is 15.1. The molecule has 0 aromatic carbocycles. The molecule has 1 aromatic rings. The van der Waals surface area contributed by atoms with E-state index in [0.29, 0.717) is 0 Å².